The molecule has 3 aromatic rings. The smallest absolute Gasteiger partial charge is 0.338 e. The first kappa shape index (κ1) is 19.8. The minimum Gasteiger partial charge on any atom is -0.462 e. The summed E-state index contributed by atoms with van der Waals surface area (Å²) in [5, 5.41) is 0. The summed E-state index contributed by atoms with van der Waals surface area (Å²) >= 11 is 0. The second-order valence-corrected chi connectivity index (χ2v) is 8.95. The van der Waals surface area contributed by atoms with E-state index in [2.05, 4.69) is 23.8 Å². The largest absolute Gasteiger partial charge is 0.462 e. The van der Waals surface area contributed by atoms with E-state index in [0.29, 0.717) is 24.3 Å². The molecule has 1 amide bonds. The maximum Gasteiger partial charge on any atom is 0.338 e. The number of aromatic nitrogens is 2. The third-order valence-corrected chi connectivity index (χ3v) is 7.45. The first-order valence-electron chi connectivity index (χ1n) is 11.0. The van der Waals surface area contributed by atoms with Crippen LogP contribution in [-0.4, -0.2) is 45.9 Å². The van der Waals surface area contributed by atoms with Gasteiger partial charge in [-0.05, 0) is 72.6 Å². The third-order valence-electron chi connectivity index (χ3n) is 7.45. The van der Waals surface area contributed by atoms with Gasteiger partial charge < -0.3 is 14.6 Å². The van der Waals surface area contributed by atoms with Crippen molar-refractivity contribution in [1.82, 2.24) is 14.9 Å². The van der Waals surface area contributed by atoms with E-state index in [-0.39, 0.29) is 29.3 Å². The number of rotatable bonds is 3. The zero-order valence-electron chi connectivity index (χ0n) is 18.1. The number of amides is 1. The average Bonchev–Trinajstić information content (AvgIpc) is 3.24. The fourth-order valence-corrected chi connectivity index (χ4v) is 5.45. The lowest BCUT2D eigenvalue weighted by Gasteiger charge is -2.54. The molecule has 1 fully saturated rings. The SMILES string of the molecule is CCOC(=O)c1ccc2c(c1)[C@]1(C)CCN(C(=O)c3ccc4nc[nH]c4c3)C(C2)C1C. The van der Waals surface area contributed by atoms with Crippen molar-refractivity contribution in [2.75, 3.05) is 13.2 Å². The van der Waals surface area contributed by atoms with Crippen LogP contribution >= 0.6 is 0 Å². The highest BCUT2D eigenvalue weighted by atomic mass is 16.5. The molecule has 0 spiro atoms. The number of benzene rings is 2. The van der Waals surface area contributed by atoms with E-state index in [4.69, 9.17) is 4.74 Å². The van der Waals surface area contributed by atoms with Crippen LogP contribution < -0.4 is 0 Å². The van der Waals surface area contributed by atoms with Gasteiger partial charge in [0, 0.05) is 18.2 Å². The predicted octanol–water partition coefficient (Wildman–Crippen LogP) is 4.10. The van der Waals surface area contributed by atoms with Gasteiger partial charge in [-0.3, -0.25) is 4.79 Å². The summed E-state index contributed by atoms with van der Waals surface area (Å²) in [4.78, 5) is 35.1. The summed E-state index contributed by atoms with van der Waals surface area (Å²) in [6.07, 6.45) is 3.31. The van der Waals surface area contributed by atoms with Crippen molar-refractivity contribution >= 4 is 22.9 Å². The molecular weight excluding hydrogens is 390 g/mol. The topological polar surface area (TPSA) is 75.3 Å². The summed E-state index contributed by atoms with van der Waals surface area (Å²) < 4.78 is 5.21. The molecule has 5 rings (SSSR count). The second-order valence-electron chi connectivity index (χ2n) is 8.95. The van der Waals surface area contributed by atoms with Gasteiger partial charge >= 0.3 is 5.97 Å². The van der Waals surface area contributed by atoms with Gasteiger partial charge in [-0.15, -0.1) is 0 Å². The molecule has 2 bridgehead atoms. The van der Waals surface area contributed by atoms with Crippen LogP contribution in [0.4, 0.5) is 0 Å². The van der Waals surface area contributed by atoms with Gasteiger partial charge in [-0.25, -0.2) is 9.78 Å². The number of imidazole rings is 1. The zero-order valence-corrected chi connectivity index (χ0v) is 18.1. The summed E-state index contributed by atoms with van der Waals surface area (Å²) in [7, 11) is 0. The molecule has 2 aromatic carbocycles. The predicted molar refractivity (Wildman–Crippen MR) is 118 cm³/mol. The number of esters is 1. The number of hydrogen-bond acceptors (Lipinski definition) is 4. The minimum atomic E-state index is -0.273. The number of hydrogen-bond donors (Lipinski definition) is 1. The zero-order chi connectivity index (χ0) is 21.8. The van der Waals surface area contributed by atoms with E-state index < -0.39 is 0 Å². The van der Waals surface area contributed by atoms with E-state index in [1.54, 1.807) is 6.33 Å². The first-order chi connectivity index (χ1) is 14.9. The van der Waals surface area contributed by atoms with Crippen molar-refractivity contribution in [1.29, 1.82) is 0 Å². The molecule has 160 valence electrons. The number of H-pyrrole nitrogens is 1. The van der Waals surface area contributed by atoms with Crippen LogP contribution in [0.15, 0.2) is 42.7 Å². The lowest BCUT2D eigenvalue weighted by atomic mass is 9.58. The Morgan fingerprint density at radius 2 is 2.03 bits per heavy atom. The number of nitrogens with zero attached hydrogens (tertiary/aromatic N) is 2. The number of ether oxygens (including phenoxy) is 1. The van der Waals surface area contributed by atoms with Crippen LogP contribution in [-0.2, 0) is 16.6 Å². The van der Waals surface area contributed by atoms with Gasteiger partial charge in [-0.1, -0.05) is 19.9 Å². The molecule has 0 radical (unpaired) electrons. The normalized spacial score (nSPS) is 24.7. The first-order valence-corrected chi connectivity index (χ1v) is 11.0. The molecule has 1 aliphatic heterocycles. The Morgan fingerprint density at radius 3 is 2.84 bits per heavy atom. The van der Waals surface area contributed by atoms with Gasteiger partial charge in [0.2, 0.25) is 0 Å². The number of nitrogens with one attached hydrogen (secondary N) is 1. The fraction of sp³-hybridized carbons (Fsp3) is 0.400. The summed E-state index contributed by atoms with van der Waals surface area (Å²) in [6, 6.07) is 11.7. The van der Waals surface area contributed by atoms with Gasteiger partial charge in [0.15, 0.2) is 0 Å². The molecule has 1 N–H and O–H groups in total. The van der Waals surface area contributed by atoms with E-state index in [0.717, 1.165) is 23.9 Å². The number of fused-ring (bicyclic) bond motifs is 5. The summed E-state index contributed by atoms with van der Waals surface area (Å²) in [5.74, 6) is 0.0820. The molecule has 1 aromatic heterocycles. The van der Waals surface area contributed by atoms with Crippen LogP contribution in [0.25, 0.3) is 11.0 Å². The van der Waals surface area contributed by atoms with Gasteiger partial charge in [0.1, 0.15) is 0 Å². The Balaban J connectivity index is 1.48. The quantitative estimate of drug-likeness (QED) is 0.651. The monoisotopic (exact) mass is 417 g/mol. The maximum atomic E-state index is 13.5. The highest BCUT2D eigenvalue weighted by molar-refractivity contribution is 5.97. The van der Waals surface area contributed by atoms with Crippen molar-refractivity contribution in [2.45, 2.75) is 45.1 Å². The Labute approximate surface area is 181 Å². The molecule has 1 saturated heterocycles. The standard InChI is InChI=1S/C25H27N3O3/c1-4-31-24(30)18-6-5-16-13-22-15(2)25(3,19(16)11-18)9-10-28(22)23(29)17-7-8-20-21(12-17)27-14-26-20/h5-8,11-12,14-15,22H,4,9-10,13H2,1-3H3,(H,26,27)/t15?,22?,25-/m1/s1. The van der Waals surface area contributed by atoms with Crippen LogP contribution in [0.1, 0.15) is 59.0 Å². The van der Waals surface area contributed by atoms with E-state index in [1.807, 2.05) is 48.2 Å². The molecule has 2 heterocycles. The molecule has 6 nitrogen and oxygen atoms in total. The number of aromatic amines is 1. The maximum absolute atomic E-state index is 13.5. The van der Waals surface area contributed by atoms with Crippen molar-refractivity contribution < 1.29 is 14.3 Å². The second kappa shape index (κ2) is 7.22. The number of carbonyl (C=O) groups excluding carboxylic acids is 2. The van der Waals surface area contributed by atoms with E-state index >= 15 is 0 Å². The van der Waals surface area contributed by atoms with Gasteiger partial charge in [0.05, 0.1) is 29.5 Å². The Bertz CT molecular complexity index is 1180. The Kier molecular flexibility index (Phi) is 4.61. The molecule has 3 atom stereocenters. The third kappa shape index (κ3) is 3.04. The molecule has 0 saturated carbocycles. The van der Waals surface area contributed by atoms with Crippen LogP contribution in [0.2, 0.25) is 0 Å². The molecule has 6 heteroatoms. The van der Waals surface area contributed by atoms with Gasteiger partial charge in [-0.2, -0.15) is 0 Å². The summed E-state index contributed by atoms with van der Waals surface area (Å²) in [5.41, 5.74) is 5.41. The van der Waals surface area contributed by atoms with Crippen molar-refractivity contribution in [3.63, 3.8) is 0 Å². The minimum absolute atomic E-state index is 0.0713. The van der Waals surface area contributed by atoms with Crippen LogP contribution in [0.5, 0.6) is 0 Å². The van der Waals surface area contributed by atoms with E-state index in [9.17, 15) is 9.59 Å². The van der Waals surface area contributed by atoms with Crippen molar-refractivity contribution in [2.24, 2.45) is 5.92 Å². The lowest BCUT2D eigenvalue weighted by molar-refractivity contribution is 0.0250. The molecule has 31 heavy (non-hydrogen) atoms. The number of piperidine rings is 1. The van der Waals surface area contributed by atoms with Crippen LogP contribution in [0.3, 0.4) is 0 Å². The highest BCUT2D eigenvalue weighted by Crippen LogP contribution is 2.49. The Hall–Kier alpha value is -3.15. The van der Waals surface area contributed by atoms with Gasteiger partial charge in [0.25, 0.3) is 5.91 Å². The Morgan fingerprint density at radius 1 is 1.23 bits per heavy atom. The molecule has 2 unspecified atom stereocenters. The van der Waals surface area contributed by atoms with Crippen molar-refractivity contribution in [3.8, 4) is 0 Å². The average molecular weight is 418 g/mol. The fourth-order valence-electron chi connectivity index (χ4n) is 5.45. The summed E-state index contributed by atoms with van der Waals surface area (Å²) in [6.45, 7) is 7.40. The number of likely N-dealkylation sites (tertiary alicyclic amines) is 1. The molecular formula is C25H27N3O3. The van der Waals surface area contributed by atoms with E-state index in [1.165, 1.54) is 11.1 Å². The molecule has 1 aliphatic carbocycles. The lowest BCUT2D eigenvalue weighted by Crippen LogP contribution is -2.59. The number of carbonyl (C=O) groups is 2. The molecule has 2 aliphatic rings. The highest BCUT2D eigenvalue weighted by Gasteiger charge is 2.49. The van der Waals surface area contributed by atoms with Crippen molar-refractivity contribution in [3.05, 3.63) is 65.0 Å². The van der Waals surface area contributed by atoms with Crippen LogP contribution in [0, 0.1) is 5.92 Å².